The summed E-state index contributed by atoms with van der Waals surface area (Å²) in [6.45, 7) is 2.72. The highest BCUT2D eigenvalue weighted by Crippen LogP contribution is 2.33. The van der Waals surface area contributed by atoms with Crippen LogP contribution in [-0.2, 0) is 13.0 Å². The van der Waals surface area contributed by atoms with Crippen molar-refractivity contribution in [2.45, 2.75) is 31.8 Å². The molecule has 1 amide bonds. The SMILES string of the molecule is CNc1nc2c(s1)CNCC2.N#Cc1ccc2nc(C(=O)N3CCCC3c3cccc(C=O)c3)cn2c1. The number of nitrogens with one attached hydrogen (secondary N) is 2. The van der Waals surface area contributed by atoms with Gasteiger partial charge in [-0.2, -0.15) is 5.26 Å². The van der Waals surface area contributed by atoms with Crippen molar-refractivity contribution in [3.63, 3.8) is 0 Å². The van der Waals surface area contributed by atoms with Crippen molar-refractivity contribution in [1.29, 1.82) is 5.26 Å². The molecular weight excluding hydrogens is 486 g/mol. The lowest BCUT2D eigenvalue weighted by molar-refractivity contribution is 0.0730. The molecule has 6 rings (SSSR count). The van der Waals surface area contributed by atoms with Crippen LogP contribution in [0, 0.1) is 11.3 Å². The summed E-state index contributed by atoms with van der Waals surface area (Å²) < 4.78 is 1.70. The van der Waals surface area contributed by atoms with Crippen LogP contribution in [-0.4, -0.2) is 51.6 Å². The molecule has 2 aliphatic heterocycles. The number of imidazole rings is 1. The van der Waals surface area contributed by atoms with Gasteiger partial charge in [0, 0.05) is 55.9 Å². The van der Waals surface area contributed by atoms with Gasteiger partial charge in [-0.1, -0.05) is 18.2 Å². The lowest BCUT2D eigenvalue weighted by atomic mass is 10.0. The molecule has 188 valence electrons. The number of nitriles is 1. The predicted octanol–water partition coefficient (Wildman–Crippen LogP) is 3.83. The average Bonchev–Trinajstić information content (AvgIpc) is 3.70. The Hall–Kier alpha value is -4.07. The van der Waals surface area contributed by atoms with Crippen LogP contribution in [0.3, 0.4) is 0 Å². The molecular formula is C27H27N7O2S. The molecule has 37 heavy (non-hydrogen) atoms. The number of nitrogens with zero attached hydrogens (tertiary/aromatic N) is 5. The molecule has 0 bridgehead atoms. The van der Waals surface area contributed by atoms with Gasteiger partial charge in [0.05, 0.1) is 17.3 Å². The van der Waals surface area contributed by atoms with E-state index in [0.717, 1.165) is 49.3 Å². The van der Waals surface area contributed by atoms with E-state index in [9.17, 15) is 9.59 Å². The number of pyridine rings is 1. The fourth-order valence-electron chi connectivity index (χ4n) is 4.74. The minimum atomic E-state index is -0.133. The van der Waals surface area contributed by atoms with Gasteiger partial charge in [0.15, 0.2) is 5.13 Å². The van der Waals surface area contributed by atoms with E-state index in [2.05, 4.69) is 26.7 Å². The molecule has 0 aliphatic carbocycles. The number of aromatic nitrogens is 3. The number of amides is 1. The Kier molecular flexibility index (Phi) is 7.25. The average molecular weight is 514 g/mol. The fraction of sp³-hybridized carbons (Fsp3) is 0.296. The first-order chi connectivity index (χ1) is 18.1. The monoisotopic (exact) mass is 513 g/mol. The molecule has 1 saturated heterocycles. The molecule has 0 saturated carbocycles. The molecule has 1 unspecified atom stereocenters. The number of hydrogen-bond donors (Lipinski definition) is 2. The largest absolute Gasteiger partial charge is 0.365 e. The van der Waals surface area contributed by atoms with Gasteiger partial charge < -0.3 is 19.9 Å². The Morgan fingerprint density at radius 2 is 2.16 bits per heavy atom. The normalized spacial score (nSPS) is 16.4. The predicted molar refractivity (Wildman–Crippen MR) is 142 cm³/mol. The summed E-state index contributed by atoms with van der Waals surface area (Å²) in [6, 6.07) is 12.8. The topological polar surface area (TPSA) is 115 Å². The smallest absolute Gasteiger partial charge is 0.274 e. The highest BCUT2D eigenvalue weighted by molar-refractivity contribution is 7.15. The lowest BCUT2D eigenvalue weighted by Gasteiger charge is -2.24. The standard InChI is InChI=1S/C20H16N4O2.C7H11N3S/c21-10-15-6-7-19-22-17(12-23(19)11-15)20(26)24-8-2-5-18(24)16-4-1-3-14(9-16)13-25;1-8-7-10-5-2-3-9-4-6(5)11-7/h1,3-4,6-7,9,11-13,18H,2,5,8H2;9H,2-4H2,1H3,(H,8,10). The van der Waals surface area contributed by atoms with Gasteiger partial charge in [-0.15, -0.1) is 11.3 Å². The number of carbonyl (C=O) groups is 2. The summed E-state index contributed by atoms with van der Waals surface area (Å²) in [4.78, 5) is 36.1. The molecule has 1 atom stereocenters. The Bertz CT molecular complexity index is 1460. The summed E-state index contributed by atoms with van der Waals surface area (Å²) >= 11 is 1.75. The minimum absolute atomic E-state index is 0.0538. The first-order valence-corrected chi connectivity index (χ1v) is 13.0. The number of anilines is 1. The lowest BCUT2D eigenvalue weighted by Crippen LogP contribution is -2.30. The zero-order valence-corrected chi connectivity index (χ0v) is 21.3. The van der Waals surface area contributed by atoms with Crippen LogP contribution < -0.4 is 10.6 Å². The van der Waals surface area contributed by atoms with Gasteiger partial charge in [0.2, 0.25) is 0 Å². The van der Waals surface area contributed by atoms with Gasteiger partial charge in [-0.25, -0.2) is 9.97 Å². The Morgan fingerprint density at radius 3 is 2.95 bits per heavy atom. The molecule has 1 aromatic carbocycles. The van der Waals surface area contributed by atoms with Crippen molar-refractivity contribution in [2.75, 3.05) is 25.5 Å². The first-order valence-electron chi connectivity index (χ1n) is 12.2. The summed E-state index contributed by atoms with van der Waals surface area (Å²) in [7, 11) is 1.91. The van der Waals surface area contributed by atoms with Gasteiger partial charge in [0.25, 0.3) is 5.91 Å². The van der Waals surface area contributed by atoms with Gasteiger partial charge in [-0.3, -0.25) is 9.59 Å². The first kappa shape index (κ1) is 24.6. The molecule has 9 nitrogen and oxygen atoms in total. The number of thiazole rings is 1. The van der Waals surface area contributed by atoms with E-state index >= 15 is 0 Å². The van der Waals surface area contributed by atoms with Crippen LogP contribution in [0.25, 0.3) is 5.65 Å². The quantitative estimate of drug-likeness (QED) is 0.399. The molecule has 2 aliphatic rings. The second-order valence-electron chi connectivity index (χ2n) is 8.93. The maximum absolute atomic E-state index is 13.0. The number of likely N-dealkylation sites (tertiary alicyclic amines) is 1. The number of benzene rings is 1. The van der Waals surface area contributed by atoms with Gasteiger partial charge in [-0.05, 0) is 36.6 Å². The van der Waals surface area contributed by atoms with E-state index in [1.54, 1.807) is 46.3 Å². The van der Waals surface area contributed by atoms with Crippen LogP contribution in [0.15, 0.2) is 48.8 Å². The summed E-state index contributed by atoms with van der Waals surface area (Å²) in [6.07, 6.45) is 6.99. The van der Waals surface area contributed by atoms with Crippen molar-refractivity contribution in [1.82, 2.24) is 24.6 Å². The third-order valence-electron chi connectivity index (χ3n) is 6.56. The number of rotatable bonds is 4. The zero-order valence-electron chi connectivity index (χ0n) is 20.5. The fourth-order valence-corrected chi connectivity index (χ4v) is 5.67. The summed E-state index contributed by atoms with van der Waals surface area (Å²) in [5, 5.41) is 16.4. The van der Waals surface area contributed by atoms with Crippen LogP contribution in [0.2, 0.25) is 0 Å². The Morgan fingerprint density at radius 1 is 1.27 bits per heavy atom. The molecule has 2 N–H and O–H groups in total. The summed E-state index contributed by atoms with van der Waals surface area (Å²) in [5.74, 6) is -0.133. The number of hydrogen-bond acceptors (Lipinski definition) is 8. The van der Waals surface area contributed by atoms with E-state index in [1.807, 2.05) is 30.1 Å². The maximum Gasteiger partial charge on any atom is 0.274 e. The highest BCUT2D eigenvalue weighted by Gasteiger charge is 2.32. The second kappa shape index (κ2) is 10.9. The van der Waals surface area contributed by atoms with Crippen molar-refractivity contribution < 1.29 is 9.59 Å². The summed E-state index contributed by atoms with van der Waals surface area (Å²) in [5.41, 5.74) is 4.36. The van der Waals surface area contributed by atoms with Crippen molar-refractivity contribution in [3.8, 4) is 6.07 Å². The molecule has 0 spiro atoms. The number of carbonyl (C=O) groups excluding carboxylic acids is 2. The van der Waals surface area contributed by atoms with E-state index in [1.165, 1.54) is 10.6 Å². The number of aldehydes is 1. The van der Waals surface area contributed by atoms with Crippen molar-refractivity contribution >= 4 is 34.3 Å². The molecule has 4 aromatic rings. The van der Waals surface area contributed by atoms with Crippen LogP contribution >= 0.6 is 11.3 Å². The Labute approximate surface area is 218 Å². The Balaban J connectivity index is 0.000000212. The minimum Gasteiger partial charge on any atom is -0.365 e. The maximum atomic E-state index is 13.0. The van der Waals surface area contributed by atoms with Crippen molar-refractivity contribution in [3.05, 3.63) is 81.7 Å². The van der Waals surface area contributed by atoms with E-state index in [-0.39, 0.29) is 11.9 Å². The van der Waals surface area contributed by atoms with E-state index < -0.39 is 0 Å². The molecule has 3 aromatic heterocycles. The van der Waals surface area contributed by atoms with Crippen LogP contribution in [0.5, 0.6) is 0 Å². The second-order valence-corrected chi connectivity index (χ2v) is 10.0. The van der Waals surface area contributed by atoms with Crippen LogP contribution in [0.1, 0.15) is 61.4 Å². The zero-order chi connectivity index (χ0) is 25.8. The molecule has 5 heterocycles. The third-order valence-corrected chi connectivity index (χ3v) is 7.68. The van der Waals surface area contributed by atoms with E-state index in [4.69, 9.17) is 5.26 Å². The number of fused-ring (bicyclic) bond motifs is 2. The van der Waals surface area contributed by atoms with Crippen molar-refractivity contribution in [2.24, 2.45) is 0 Å². The van der Waals surface area contributed by atoms with Gasteiger partial charge in [0.1, 0.15) is 23.7 Å². The molecule has 0 radical (unpaired) electrons. The van der Waals surface area contributed by atoms with Crippen LogP contribution in [0.4, 0.5) is 5.13 Å². The van der Waals surface area contributed by atoms with Gasteiger partial charge >= 0.3 is 0 Å². The molecule has 10 heteroatoms. The third kappa shape index (κ3) is 5.23. The highest BCUT2D eigenvalue weighted by atomic mass is 32.1. The molecule has 1 fully saturated rings. The van der Waals surface area contributed by atoms with E-state index in [0.29, 0.717) is 29.0 Å².